The number of rotatable bonds is 8. The molecular formula is C25H26ClN5O3. The predicted octanol–water partition coefficient (Wildman–Crippen LogP) is 4.55. The van der Waals surface area contributed by atoms with E-state index in [2.05, 4.69) is 25.2 Å². The van der Waals surface area contributed by atoms with Crippen LogP contribution in [0, 0.1) is 6.92 Å². The van der Waals surface area contributed by atoms with Crippen LogP contribution in [0.25, 0.3) is 22.7 Å². The van der Waals surface area contributed by atoms with E-state index in [0.29, 0.717) is 41.4 Å². The van der Waals surface area contributed by atoms with Crippen molar-refractivity contribution in [2.24, 2.45) is 0 Å². The van der Waals surface area contributed by atoms with Crippen LogP contribution in [0.1, 0.15) is 11.7 Å². The fraction of sp³-hybridized carbons (Fsp3) is 0.320. The molecular weight excluding hydrogens is 454 g/mol. The van der Waals surface area contributed by atoms with E-state index in [0.717, 1.165) is 49.6 Å². The third kappa shape index (κ3) is 5.14. The first kappa shape index (κ1) is 22.6. The zero-order valence-electron chi connectivity index (χ0n) is 19.0. The number of halogens is 1. The van der Waals surface area contributed by atoms with E-state index in [4.69, 9.17) is 25.3 Å². The maximum absolute atomic E-state index is 6.15. The first-order valence-electron chi connectivity index (χ1n) is 11.3. The van der Waals surface area contributed by atoms with Crippen LogP contribution in [0.3, 0.4) is 0 Å². The van der Waals surface area contributed by atoms with Gasteiger partial charge in [0, 0.05) is 38.3 Å². The highest BCUT2D eigenvalue weighted by Gasteiger charge is 2.23. The third-order valence-corrected chi connectivity index (χ3v) is 6.23. The summed E-state index contributed by atoms with van der Waals surface area (Å²) in [4.78, 5) is 4.71. The lowest BCUT2D eigenvalue weighted by atomic mass is 10.1. The van der Waals surface area contributed by atoms with Crippen molar-refractivity contribution in [1.82, 2.24) is 25.2 Å². The molecule has 3 heterocycles. The molecule has 176 valence electrons. The fourth-order valence-electron chi connectivity index (χ4n) is 4.04. The van der Waals surface area contributed by atoms with E-state index in [1.807, 2.05) is 61.5 Å². The van der Waals surface area contributed by atoms with E-state index in [1.165, 1.54) is 0 Å². The number of nitrogens with zero attached hydrogens (tertiary/aromatic N) is 5. The minimum Gasteiger partial charge on any atom is -0.491 e. The van der Waals surface area contributed by atoms with Crippen molar-refractivity contribution in [3.63, 3.8) is 0 Å². The first-order chi connectivity index (χ1) is 16.7. The summed E-state index contributed by atoms with van der Waals surface area (Å²) in [5.74, 6) is 2.41. The van der Waals surface area contributed by atoms with Gasteiger partial charge >= 0.3 is 0 Å². The molecule has 1 aliphatic rings. The smallest absolute Gasteiger partial charge is 0.253 e. The molecule has 0 radical (unpaired) electrons. The Morgan fingerprint density at radius 1 is 0.941 bits per heavy atom. The van der Waals surface area contributed by atoms with Gasteiger partial charge in [-0.25, -0.2) is 0 Å². The Hall–Kier alpha value is -3.20. The summed E-state index contributed by atoms with van der Waals surface area (Å²) in [5.41, 5.74) is 2.40. The summed E-state index contributed by atoms with van der Waals surface area (Å²) in [7, 11) is 0. The molecule has 0 saturated carbocycles. The predicted molar refractivity (Wildman–Crippen MR) is 129 cm³/mol. The molecule has 1 fully saturated rings. The van der Waals surface area contributed by atoms with Crippen molar-refractivity contribution in [3.8, 4) is 28.5 Å². The minimum absolute atomic E-state index is 0.433. The van der Waals surface area contributed by atoms with Crippen LogP contribution in [0.5, 0.6) is 5.75 Å². The van der Waals surface area contributed by atoms with Crippen molar-refractivity contribution >= 4 is 11.6 Å². The summed E-state index contributed by atoms with van der Waals surface area (Å²) >= 11 is 6.15. The molecule has 0 atom stereocenters. The number of aryl methyl sites for hydroxylation is 1. The molecule has 0 spiro atoms. The second-order valence-electron chi connectivity index (χ2n) is 8.23. The van der Waals surface area contributed by atoms with Crippen LogP contribution in [-0.4, -0.2) is 64.5 Å². The maximum atomic E-state index is 6.15. The Bertz CT molecular complexity index is 1220. The zero-order valence-corrected chi connectivity index (χ0v) is 19.7. The Labute approximate surface area is 203 Å². The van der Waals surface area contributed by atoms with E-state index >= 15 is 0 Å². The van der Waals surface area contributed by atoms with E-state index in [9.17, 15) is 0 Å². The van der Waals surface area contributed by atoms with Crippen LogP contribution in [0.4, 0.5) is 0 Å². The van der Waals surface area contributed by atoms with Crippen molar-refractivity contribution in [2.45, 2.75) is 13.5 Å². The van der Waals surface area contributed by atoms with Gasteiger partial charge in [-0.1, -0.05) is 59.2 Å². The molecule has 0 unspecified atom stereocenters. The molecule has 9 heteroatoms. The summed E-state index contributed by atoms with van der Waals surface area (Å²) in [6.45, 7) is 7.69. The molecule has 0 aliphatic carbocycles. The van der Waals surface area contributed by atoms with Gasteiger partial charge in [0.15, 0.2) is 0 Å². The van der Waals surface area contributed by atoms with E-state index < -0.39 is 0 Å². The van der Waals surface area contributed by atoms with Crippen molar-refractivity contribution in [1.29, 1.82) is 0 Å². The van der Waals surface area contributed by atoms with Gasteiger partial charge in [0.1, 0.15) is 29.4 Å². The van der Waals surface area contributed by atoms with Gasteiger partial charge in [-0.15, -0.1) is 10.2 Å². The van der Waals surface area contributed by atoms with Crippen molar-refractivity contribution in [3.05, 3.63) is 71.3 Å². The van der Waals surface area contributed by atoms with Crippen molar-refractivity contribution < 1.29 is 13.7 Å². The van der Waals surface area contributed by atoms with Gasteiger partial charge in [-0.05, 0) is 19.1 Å². The monoisotopic (exact) mass is 479 g/mol. The molecule has 8 nitrogen and oxygen atoms in total. The molecule has 5 rings (SSSR count). The third-order valence-electron chi connectivity index (χ3n) is 5.92. The summed E-state index contributed by atoms with van der Waals surface area (Å²) < 4.78 is 17.3. The SMILES string of the molecule is Cc1onc(-c2ccccc2)c1-c1nnc(CN2CCN(CCOc3ccccc3Cl)CC2)o1. The van der Waals surface area contributed by atoms with Crippen LogP contribution in [0.2, 0.25) is 5.02 Å². The fourth-order valence-corrected chi connectivity index (χ4v) is 4.23. The molecule has 34 heavy (non-hydrogen) atoms. The number of benzene rings is 2. The largest absolute Gasteiger partial charge is 0.491 e. The molecule has 1 saturated heterocycles. The Morgan fingerprint density at radius 2 is 1.68 bits per heavy atom. The highest BCUT2D eigenvalue weighted by Crippen LogP contribution is 2.33. The molecule has 0 amide bonds. The lowest BCUT2D eigenvalue weighted by Crippen LogP contribution is -2.47. The second-order valence-corrected chi connectivity index (χ2v) is 8.63. The molecule has 2 aromatic carbocycles. The van der Waals surface area contributed by atoms with Gasteiger partial charge in [-0.3, -0.25) is 9.80 Å². The molecule has 0 N–H and O–H groups in total. The summed E-state index contributed by atoms with van der Waals surface area (Å²) in [6, 6.07) is 17.4. The van der Waals surface area contributed by atoms with Crippen molar-refractivity contribution in [2.75, 3.05) is 39.3 Å². The Morgan fingerprint density at radius 3 is 2.47 bits per heavy atom. The van der Waals surface area contributed by atoms with Gasteiger partial charge in [0.05, 0.1) is 11.6 Å². The number of piperazine rings is 1. The van der Waals surface area contributed by atoms with Gasteiger partial charge in [-0.2, -0.15) is 0 Å². The molecule has 1 aliphatic heterocycles. The van der Waals surface area contributed by atoms with Crippen LogP contribution in [-0.2, 0) is 6.54 Å². The number of hydrogen-bond donors (Lipinski definition) is 0. The lowest BCUT2D eigenvalue weighted by molar-refractivity contribution is 0.106. The molecule has 0 bridgehead atoms. The topological polar surface area (TPSA) is 80.7 Å². The summed E-state index contributed by atoms with van der Waals surface area (Å²) in [5, 5.41) is 13.4. The average molecular weight is 480 g/mol. The number of hydrogen-bond acceptors (Lipinski definition) is 8. The van der Waals surface area contributed by atoms with Gasteiger partial charge in [0.2, 0.25) is 5.89 Å². The maximum Gasteiger partial charge on any atom is 0.253 e. The lowest BCUT2D eigenvalue weighted by Gasteiger charge is -2.33. The highest BCUT2D eigenvalue weighted by molar-refractivity contribution is 6.32. The van der Waals surface area contributed by atoms with Crippen LogP contribution >= 0.6 is 11.6 Å². The van der Waals surface area contributed by atoms with Crippen LogP contribution < -0.4 is 4.74 Å². The minimum atomic E-state index is 0.433. The first-order valence-corrected chi connectivity index (χ1v) is 11.7. The van der Waals surface area contributed by atoms with Gasteiger partial charge in [0.25, 0.3) is 5.89 Å². The average Bonchev–Trinajstić information content (AvgIpc) is 3.48. The van der Waals surface area contributed by atoms with Crippen LogP contribution in [0.15, 0.2) is 63.5 Å². The molecule has 2 aromatic heterocycles. The Kier molecular flexibility index (Phi) is 6.89. The van der Waals surface area contributed by atoms with E-state index in [1.54, 1.807) is 0 Å². The normalized spacial score (nSPS) is 15.0. The second kappa shape index (κ2) is 10.4. The number of ether oxygens (including phenoxy) is 1. The standard InChI is InChI=1S/C25H26ClN5O3/c1-18-23(24(29-34-18)19-7-3-2-4-8-19)25-28-27-22(33-25)17-31-13-11-30(12-14-31)15-16-32-21-10-6-5-9-20(21)26/h2-10H,11-17H2,1H3. The summed E-state index contributed by atoms with van der Waals surface area (Å²) in [6.07, 6.45) is 0. The Balaban J connectivity index is 1.14. The quantitative estimate of drug-likeness (QED) is 0.364. The van der Waals surface area contributed by atoms with E-state index in [-0.39, 0.29) is 0 Å². The zero-order chi connectivity index (χ0) is 23.3. The number of aromatic nitrogens is 3. The molecule has 4 aromatic rings. The highest BCUT2D eigenvalue weighted by atomic mass is 35.5. The van der Waals surface area contributed by atoms with Gasteiger partial charge < -0.3 is 13.7 Å². The number of para-hydroxylation sites is 1.